The summed E-state index contributed by atoms with van der Waals surface area (Å²) in [4.78, 5) is 0. The average Bonchev–Trinajstić information content (AvgIpc) is 2.29. The third kappa shape index (κ3) is 3.01. The van der Waals surface area contributed by atoms with Crippen molar-refractivity contribution >= 4 is 15.9 Å². The summed E-state index contributed by atoms with van der Waals surface area (Å²) in [7, 11) is 0. The zero-order valence-electron chi connectivity index (χ0n) is 9.15. The Morgan fingerprint density at radius 3 is 2.59 bits per heavy atom. The highest BCUT2D eigenvalue weighted by atomic mass is 79.9. The van der Waals surface area contributed by atoms with Crippen molar-refractivity contribution in [1.82, 2.24) is 5.32 Å². The third-order valence-electron chi connectivity index (χ3n) is 3.01. The van der Waals surface area contributed by atoms with Crippen molar-refractivity contribution in [2.45, 2.75) is 31.5 Å². The Hall–Kier alpha value is -0.550. The van der Waals surface area contributed by atoms with E-state index in [-0.39, 0.29) is 6.04 Å². The summed E-state index contributed by atoms with van der Waals surface area (Å²) in [6.45, 7) is 0.790. The SMILES string of the molecule is FC(F)(F)c1cc(Br)ccc1C1CCCCN1. The third-order valence-corrected chi connectivity index (χ3v) is 3.50. The van der Waals surface area contributed by atoms with Gasteiger partial charge >= 0.3 is 6.18 Å². The van der Waals surface area contributed by atoms with Crippen molar-refractivity contribution in [3.63, 3.8) is 0 Å². The van der Waals surface area contributed by atoms with Gasteiger partial charge in [-0.3, -0.25) is 0 Å². The zero-order valence-corrected chi connectivity index (χ0v) is 10.7. The molecule has 0 bridgehead atoms. The number of hydrogen-bond donors (Lipinski definition) is 1. The number of halogens is 4. The summed E-state index contributed by atoms with van der Waals surface area (Å²) < 4.78 is 39.3. The van der Waals surface area contributed by atoms with Gasteiger partial charge in [-0.2, -0.15) is 13.2 Å². The van der Waals surface area contributed by atoms with Gasteiger partial charge in [-0.25, -0.2) is 0 Å². The molecule has 2 rings (SSSR count). The molecular weight excluding hydrogens is 295 g/mol. The van der Waals surface area contributed by atoms with Crippen molar-refractivity contribution in [3.05, 3.63) is 33.8 Å². The second kappa shape index (κ2) is 4.98. The summed E-state index contributed by atoms with van der Waals surface area (Å²) >= 11 is 3.09. The molecule has 1 saturated heterocycles. The van der Waals surface area contributed by atoms with Crippen LogP contribution in [0, 0.1) is 0 Å². The zero-order chi connectivity index (χ0) is 12.5. The predicted octanol–water partition coefficient (Wildman–Crippen LogP) is 4.28. The molecule has 17 heavy (non-hydrogen) atoms. The quantitative estimate of drug-likeness (QED) is 0.816. The molecule has 1 aliphatic rings. The molecule has 0 aromatic heterocycles. The summed E-state index contributed by atoms with van der Waals surface area (Å²) in [5, 5.41) is 3.15. The van der Waals surface area contributed by atoms with Gasteiger partial charge < -0.3 is 5.32 Å². The van der Waals surface area contributed by atoms with Crippen LogP contribution in [0.15, 0.2) is 22.7 Å². The molecule has 1 fully saturated rings. The Kier molecular flexibility index (Phi) is 3.78. The lowest BCUT2D eigenvalue weighted by Gasteiger charge is -2.26. The fraction of sp³-hybridized carbons (Fsp3) is 0.500. The molecule has 1 heterocycles. The van der Waals surface area contributed by atoms with Crippen LogP contribution in [0.25, 0.3) is 0 Å². The van der Waals surface area contributed by atoms with Crippen LogP contribution in [0.2, 0.25) is 0 Å². The fourth-order valence-electron chi connectivity index (χ4n) is 2.20. The molecule has 1 nitrogen and oxygen atoms in total. The first kappa shape index (κ1) is 12.9. The Bertz CT molecular complexity index is 397. The monoisotopic (exact) mass is 307 g/mol. The highest BCUT2D eigenvalue weighted by Gasteiger charge is 2.35. The van der Waals surface area contributed by atoms with E-state index < -0.39 is 11.7 Å². The number of rotatable bonds is 1. The number of hydrogen-bond acceptors (Lipinski definition) is 1. The first-order chi connectivity index (χ1) is 7.98. The van der Waals surface area contributed by atoms with E-state index in [1.54, 1.807) is 12.1 Å². The molecule has 0 aliphatic carbocycles. The molecule has 0 radical (unpaired) electrons. The van der Waals surface area contributed by atoms with Gasteiger partial charge in [0.1, 0.15) is 0 Å². The van der Waals surface area contributed by atoms with E-state index in [0.29, 0.717) is 10.0 Å². The van der Waals surface area contributed by atoms with Gasteiger partial charge in [-0.1, -0.05) is 28.4 Å². The van der Waals surface area contributed by atoms with Crippen LogP contribution in [-0.4, -0.2) is 6.54 Å². The maximum Gasteiger partial charge on any atom is 0.416 e. The topological polar surface area (TPSA) is 12.0 Å². The van der Waals surface area contributed by atoms with E-state index in [4.69, 9.17) is 0 Å². The Morgan fingerprint density at radius 2 is 2.00 bits per heavy atom. The molecule has 1 unspecified atom stereocenters. The summed E-state index contributed by atoms with van der Waals surface area (Å²) in [6, 6.07) is 4.22. The molecule has 0 spiro atoms. The van der Waals surface area contributed by atoms with Crippen LogP contribution in [0.5, 0.6) is 0 Å². The normalized spacial score (nSPS) is 21.5. The minimum absolute atomic E-state index is 0.173. The summed E-state index contributed by atoms with van der Waals surface area (Å²) in [6.07, 6.45) is -1.51. The van der Waals surface area contributed by atoms with Crippen molar-refractivity contribution in [3.8, 4) is 0 Å². The van der Waals surface area contributed by atoms with Gasteiger partial charge in [0.05, 0.1) is 5.56 Å². The van der Waals surface area contributed by atoms with E-state index in [9.17, 15) is 13.2 Å². The molecule has 1 aliphatic heterocycles. The molecule has 1 N–H and O–H groups in total. The molecule has 1 atom stereocenters. The first-order valence-corrected chi connectivity index (χ1v) is 6.38. The highest BCUT2D eigenvalue weighted by molar-refractivity contribution is 9.10. The van der Waals surface area contributed by atoms with E-state index in [1.807, 2.05) is 0 Å². The molecule has 1 aromatic rings. The van der Waals surface area contributed by atoms with Crippen LogP contribution in [-0.2, 0) is 6.18 Å². The number of nitrogens with one attached hydrogen (secondary N) is 1. The Labute approximate surface area is 107 Å². The standard InChI is InChI=1S/C12H13BrF3N/c13-8-4-5-9(10(7-8)12(14,15)16)11-3-1-2-6-17-11/h4-5,7,11,17H,1-3,6H2. The Balaban J connectivity index is 2.38. The van der Waals surface area contributed by atoms with Crippen molar-refractivity contribution in [2.24, 2.45) is 0 Å². The van der Waals surface area contributed by atoms with E-state index in [2.05, 4.69) is 21.2 Å². The maximum atomic E-state index is 12.9. The molecule has 94 valence electrons. The summed E-state index contributed by atoms with van der Waals surface area (Å²) in [5.41, 5.74) is -0.174. The van der Waals surface area contributed by atoms with Crippen LogP contribution < -0.4 is 5.32 Å². The first-order valence-electron chi connectivity index (χ1n) is 5.58. The minimum atomic E-state index is -4.29. The van der Waals surface area contributed by atoms with Gasteiger partial charge in [0.25, 0.3) is 0 Å². The lowest BCUT2D eigenvalue weighted by atomic mass is 9.93. The van der Waals surface area contributed by atoms with E-state index in [0.717, 1.165) is 31.9 Å². The number of piperidine rings is 1. The predicted molar refractivity (Wildman–Crippen MR) is 63.7 cm³/mol. The number of alkyl halides is 3. The Morgan fingerprint density at radius 1 is 1.24 bits per heavy atom. The average molecular weight is 308 g/mol. The van der Waals surface area contributed by atoms with E-state index >= 15 is 0 Å². The van der Waals surface area contributed by atoms with Crippen molar-refractivity contribution < 1.29 is 13.2 Å². The fourth-order valence-corrected chi connectivity index (χ4v) is 2.56. The van der Waals surface area contributed by atoms with Crippen molar-refractivity contribution in [2.75, 3.05) is 6.54 Å². The molecule has 0 saturated carbocycles. The molecule has 0 amide bonds. The highest BCUT2D eigenvalue weighted by Crippen LogP contribution is 2.38. The maximum absolute atomic E-state index is 12.9. The van der Waals surface area contributed by atoms with Crippen LogP contribution in [0.1, 0.15) is 36.4 Å². The van der Waals surface area contributed by atoms with Crippen LogP contribution >= 0.6 is 15.9 Å². The smallest absolute Gasteiger partial charge is 0.310 e. The van der Waals surface area contributed by atoms with Crippen LogP contribution in [0.3, 0.4) is 0 Å². The second-order valence-electron chi connectivity index (χ2n) is 4.23. The summed E-state index contributed by atoms with van der Waals surface area (Å²) in [5.74, 6) is 0. The second-order valence-corrected chi connectivity index (χ2v) is 5.15. The van der Waals surface area contributed by atoms with Crippen molar-refractivity contribution in [1.29, 1.82) is 0 Å². The lowest BCUT2D eigenvalue weighted by Crippen LogP contribution is -2.28. The van der Waals surface area contributed by atoms with Crippen LogP contribution in [0.4, 0.5) is 13.2 Å². The lowest BCUT2D eigenvalue weighted by molar-refractivity contribution is -0.138. The largest absolute Gasteiger partial charge is 0.416 e. The van der Waals surface area contributed by atoms with Gasteiger partial charge in [0.15, 0.2) is 0 Å². The molecule has 1 aromatic carbocycles. The van der Waals surface area contributed by atoms with Gasteiger partial charge in [0.2, 0.25) is 0 Å². The van der Waals surface area contributed by atoms with Gasteiger partial charge in [-0.15, -0.1) is 0 Å². The molecular formula is C12H13BrF3N. The minimum Gasteiger partial charge on any atom is -0.310 e. The van der Waals surface area contributed by atoms with E-state index in [1.165, 1.54) is 0 Å². The molecule has 5 heteroatoms. The van der Waals surface area contributed by atoms with Gasteiger partial charge in [-0.05, 0) is 37.1 Å². The number of benzene rings is 1. The van der Waals surface area contributed by atoms with Gasteiger partial charge in [0, 0.05) is 10.5 Å².